The third-order valence-electron chi connectivity index (χ3n) is 5.20. The van der Waals surface area contributed by atoms with Gasteiger partial charge in [-0.05, 0) is 31.2 Å². The van der Waals surface area contributed by atoms with Crippen molar-refractivity contribution in [1.29, 1.82) is 0 Å². The standard InChI is InChI=1S/C18H25N5O2S/c24-11-6-19-16-15-13-4-2-1-3-5-14(13)26-17(15)21-18(20-16)23-9-7-22(12-25)8-10-23/h12,24H,1-11H2,(H,19,20,21). The molecule has 140 valence electrons. The van der Waals surface area contributed by atoms with Crippen LogP contribution in [0.2, 0.25) is 0 Å². The molecule has 0 spiro atoms. The first-order valence-electron chi connectivity index (χ1n) is 9.41. The number of nitrogens with one attached hydrogen (secondary N) is 1. The van der Waals surface area contributed by atoms with Crippen LogP contribution in [-0.4, -0.2) is 65.7 Å². The molecule has 7 nitrogen and oxygen atoms in total. The van der Waals surface area contributed by atoms with E-state index in [-0.39, 0.29) is 6.61 Å². The van der Waals surface area contributed by atoms with Crippen LogP contribution in [0.4, 0.5) is 11.8 Å². The molecule has 1 aliphatic carbocycles. The zero-order chi connectivity index (χ0) is 17.9. The molecule has 2 aliphatic rings. The SMILES string of the molecule is O=CN1CCN(c2nc(NCCO)c3c4c(sc3n2)CCCCC4)CC1. The number of aromatic nitrogens is 2. The van der Waals surface area contributed by atoms with Crippen molar-refractivity contribution >= 4 is 39.7 Å². The van der Waals surface area contributed by atoms with Crippen LogP contribution in [0, 0.1) is 0 Å². The molecule has 0 bridgehead atoms. The molecule has 3 heterocycles. The number of nitrogens with zero attached hydrogens (tertiary/aromatic N) is 4. The third kappa shape index (κ3) is 3.35. The summed E-state index contributed by atoms with van der Waals surface area (Å²) in [6.45, 7) is 3.44. The van der Waals surface area contributed by atoms with Gasteiger partial charge >= 0.3 is 0 Å². The Balaban J connectivity index is 1.72. The van der Waals surface area contributed by atoms with E-state index in [0.29, 0.717) is 19.6 Å². The normalized spacial score (nSPS) is 17.9. The van der Waals surface area contributed by atoms with Crippen LogP contribution >= 0.6 is 11.3 Å². The molecule has 1 aliphatic heterocycles. The van der Waals surface area contributed by atoms with E-state index < -0.39 is 0 Å². The molecule has 0 aromatic carbocycles. The second-order valence-corrected chi connectivity index (χ2v) is 7.98. The first kappa shape index (κ1) is 17.5. The van der Waals surface area contributed by atoms with Crippen molar-refractivity contribution in [2.24, 2.45) is 0 Å². The van der Waals surface area contributed by atoms with Crippen LogP contribution < -0.4 is 10.2 Å². The number of piperazine rings is 1. The summed E-state index contributed by atoms with van der Waals surface area (Å²) in [5, 5.41) is 13.7. The van der Waals surface area contributed by atoms with Gasteiger partial charge in [0.1, 0.15) is 10.6 Å². The van der Waals surface area contributed by atoms with Gasteiger partial charge in [-0.1, -0.05) is 6.42 Å². The molecule has 0 saturated carbocycles. The van der Waals surface area contributed by atoms with E-state index in [1.165, 1.54) is 29.7 Å². The van der Waals surface area contributed by atoms with E-state index in [2.05, 4.69) is 10.2 Å². The number of aliphatic hydroxyl groups is 1. The van der Waals surface area contributed by atoms with E-state index >= 15 is 0 Å². The number of hydrogen-bond acceptors (Lipinski definition) is 7. The Hall–Kier alpha value is -1.93. The highest BCUT2D eigenvalue weighted by Gasteiger charge is 2.23. The smallest absolute Gasteiger partial charge is 0.228 e. The first-order valence-corrected chi connectivity index (χ1v) is 10.2. The molecular weight excluding hydrogens is 350 g/mol. The molecule has 0 atom stereocenters. The van der Waals surface area contributed by atoms with E-state index in [9.17, 15) is 9.90 Å². The second-order valence-electron chi connectivity index (χ2n) is 6.90. The van der Waals surface area contributed by atoms with Crippen LogP contribution in [0.25, 0.3) is 10.2 Å². The highest BCUT2D eigenvalue weighted by atomic mass is 32.1. The summed E-state index contributed by atoms with van der Waals surface area (Å²) in [5.41, 5.74) is 1.40. The summed E-state index contributed by atoms with van der Waals surface area (Å²) in [4.78, 5) is 27.0. The lowest BCUT2D eigenvalue weighted by Crippen LogP contribution is -2.46. The van der Waals surface area contributed by atoms with Gasteiger partial charge in [-0.15, -0.1) is 11.3 Å². The molecular formula is C18H25N5O2S. The maximum Gasteiger partial charge on any atom is 0.228 e. The molecule has 1 amide bonds. The Bertz CT molecular complexity index is 785. The molecule has 0 unspecified atom stereocenters. The van der Waals surface area contributed by atoms with Gasteiger partial charge in [0.2, 0.25) is 12.4 Å². The molecule has 2 aromatic rings. The number of anilines is 2. The summed E-state index contributed by atoms with van der Waals surface area (Å²) >= 11 is 1.80. The predicted molar refractivity (Wildman–Crippen MR) is 104 cm³/mol. The topological polar surface area (TPSA) is 81.6 Å². The number of aliphatic hydroxyl groups excluding tert-OH is 1. The van der Waals surface area contributed by atoms with Crippen LogP contribution in [-0.2, 0) is 17.6 Å². The fourth-order valence-electron chi connectivity index (χ4n) is 3.79. The summed E-state index contributed by atoms with van der Waals surface area (Å²) in [6, 6.07) is 0. The minimum atomic E-state index is 0.0746. The summed E-state index contributed by atoms with van der Waals surface area (Å²) < 4.78 is 0. The molecule has 8 heteroatoms. The molecule has 2 aromatic heterocycles. The average molecular weight is 375 g/mol. The molecule has 0 radical (unpaired) electrons. The van der Waals surface area contributed by atoms with Crippen molar-refractivity contribution in [2.75, 3.05) is 49.5 Å². The molecule has 1 fully saturated rings. The van der Waals surface area contributed by atoms with Crippen molar-refractivity contribution in [3.05, 3.63) is 10.4 Å². The van der Waals surface area contributed by atoms with Gasteiger partial charge < -0.3 is 20.2 Å². The highest BCUT2D eigenvalue weighted by Crippen LogP contribution is 2.39. The van der Waals surface area contributed by atoms with Gasteiger partial charge in [-0.3, -0.25) is 4.79 Å². The first-order chi connectivity index (χ1) is 12.8. The quantitative estimate of drug-likeness (QED) is 0.611. The van der Waals surface area contributed by atoms with E-state index in [1.54, 1.807) is 16.2 Å². The van der Waals surface area contributed by atoms with Crippen molar-refractivity contribution in [3.8, 4) is 0 Å². The predicted octanol–water partition coefficient (Wildman–Crippen LogP) is 1.64. The Morgan fingerprint density at radius 3 is 2.69 bits per heavy atom. The summed E-state index contributed by atoms with van der Waals surface area (Å²) in [6.07, 6.45) is 6.86. The lowest BCUT2D eigenvalue weighted by Gasteiger charge is -2.32. The lowest BCUT2D eigenvalue weighted by atomic mass is 10.1. The van der Waals surface area contributed by atoms with E-state index in [1.807, 2.05) is 0 Å². The molecule has 26 heavy (non-hydrogen) atoms. The zero-order valence-corrected chi connectivity index (χ0v) is 15.7. The fraction of sp³-hybridized carbons (Fsp3) is 0.611. The van der Waals surface area contributed by atoms with Gasteiger partial charge in [0, 0.05) is 37.6 Å². The highest BCUT2D eigenvalue weighted by molar-refractivity contribution is 7.19. The minimum absolute atomic E-state index is 0.0746. The van der Waals surface area contributed by atoms with Crippen LogP contribution in [0.5, 0.6) is 0 Å². The van der Waals surface area contributed by atoms with Crippen LogP contribution in [0.3, 0.4) is 0 Å². The molecule has 4 rings (SSSR count). The zero-order valence-electron chi connectivity index (χ0n) is 14.9. The Morgan fingerprint density at radius 2 is 1.92 bits per heavy atom. The lowest BCUT2D eigenvalue weighted by molar-refractivity contribution is -0.118. The number of amides is 1. The van der Waals surface area contributed by atoms with Gasteiger partial charge in [0.05, 0.1) is 12.0 Å². The molecule has 1 saturated heterocycles. The number of fused-ring (bicyclic) bond motifs is 3. The number of thiophene rings is 1. The van der Waals surface area contributed by atoms with Crippen LogP contribution in [0.15, 0.2) is 0 Å². The Kier molecular flexibility index (Phi) is 5.21. The van der Waals surface area contributed by atoms with Gasteiger partial charge in [0.15, 0.2) is 0 Å². The summed E-state index contributed by atoms with van der Waals surface area (Å²) in [5.74, 6) is 1.57. The van der Waals surface area contributed by atoms with Crippen LogP contribution in [0.1, 0.15) is 29.7 Å². The Morgan fingerprint density at radius 1 is 1.12 bits per heavy atom. The van der Waals surface area contributed by atoms with E-state index in [4.69, 9.17) is 9.97 Å². The number of rotatable bonds is 5. The van der Waals surface area contributed by atoms with Gasteiger partial charge in [0.25, 0.3) is 0 Å². The monoisotopic (exact) mass is 375 g/mol. The number of aryl methyl sites for hydroxylation is 2. The van der Waals surface area contributed by atoms with Crippen molar-refractivity contribution in [2.45, 2.75) is 32.1 Å². The fourth-order valence-corrected chi connectivity index (χ4v) is 5.05. The second kappa shape index (κ2) is 7.75. The largest absolute Gasteiger partial charge is 0.395 e. The summed E-state index contributed by atoms with van der Waals surface area (Å²) in [7, 11) is 0. The number of carbonyl (C=O) groups excluding carboxylic acids is 1. The number of carbonyl (C=O) groups is 1. The number of hydrogen-bond donors (Lipinski definition) is 2. The van der Waals surface area contributed by atoms with Crippen molar-refractivity contribution < 1.29 is 9.90 Å². The van der Waals surface area contributed by atoms with Crippen molar-refractivity contribution in [3.63, 3.8) is 0 Å². The van der Waals surface area contributed by atoms with Gasteiger partial charge in [-0.2, -0.15) is 4.98 Å². The maximum atomic E-state index is 10.9. The van der Waals surface area contributed by atoms with Crippen molar-refractivity contribution in [1.82, 2.24) is 14.9 Å². The average Bonchev–Trinajstić information content (AvgIpc) is 2.87. The van der Waals surface area contributed by atoms with E-state index in [0.717, 1.165) is 54.3 Å². The minimum Gasteiger partial charge on any atom is -0.395 e. The third-order valence-corrected chi connectivity index (χ3v) is 6.39. The maximum absolute atomic E-state index is 10.9. The Labute approximate surface area is 157 Å². The van der Waals surface area contributed by atoms with Gasteiger partial charge in [-0.25, -0.2) is 4.98 Å². The molecule has 2 N–H and O–H groups in total.